The Balaban J connectivity index is 1.78. The van der Waals surface area contributed by atoms with E-state index in [0.717, 1.165) is 24.2 Å². The van der Waals surface area contributed by atoms with Crippen molar-refractivity contribution in [1.29, 1.82) is 0 Å². The Morgan fingerprint density at radius 1 is 1.33 bits per heavy atom. The van der Waals surface area contributed by atoms with E-state index in [1.165, 1.54) is 0 Å². The van der Waals surface area contributed by atoms with Crippen LogP contribution < -0.4 is 10.1 Å². The third kappa shape index (κ3) is 1.94. The Hall–Kier alpha value is -2.50. The van der Waals surface area contributed by atoms with Crippen molar-refractivity contribution in [3.05, 3.63) is 41.7 Å². The summed E-state index contributed by atoms with van der Waals surface area (Å²) in [5.74, 6) is 0.740. The number of fused-ring (bicyclic) bond motifs is 1. The molecule has 2 aliphatic rings. The minimum Gasteiger partial charge on any atom is -0.497 e. The average molecular weight is 284 g/mol. The third-order valence-electron chi connectivity index (χ3n) is 4.02. The van der Waals surface area contributed by atoms with Gasteiger partial charge < -0.3 is 15.0 Å². The molecule has 0 saturated heterocycles. The van der Waals surface area contributed by atoms with Crippen LogP contribution in [0, 0.1) is 0 Å². The SMILES string of the molecule is COc1ccc2c(c1)C(=O)N(C1CC1)[C@H](c1ccn[nH]1)N2. The van der Waals surface area contributed by atoms with Gasteiger partial charge in [0.15, 0.2) is 0 Å². The Labute approximate surface area is 122 Å². The van der Waals surface area contributed by atoms with Gasteiger partial charge in [0.2, 0.25) is 0 Å². The third-order valence-corrected chi connectivity index (χ3v) is 4.02. The average Bonchev–Trinajstić information content (AvgIpc) is 3.20. The summed E-state index contributed by atoms with van der Waals surface area (Å²) < 4.78 is 5.22. The Morgan fingerprint density at radius 3 is 2.86 bits per heavy atom. The topological polar surface area (TPSA) is 70.2 Å². The van der Waals surface area contributed by atoms with Crippen LogP contribution in [0.4, 0.5) is 5.69 Å². The molecule has 6 heteroatoms. The van der Waals surface area contributed by atoms with Crippen LogP contribution in [0.15, 0.2) is 30.5 Å². The number of rotatable bonds is 3. The number of nitrogens with one attached hydrogen (secondary N) is 2. The van der Waals surface area contributed by atoms with Crippen LogP contribution in [-0.4, -0.2) is 34.2 Å². The number of amides is 1. The highest BCUT2D eigenvalue weighted by molar-refractivity contribution is 6.02. The minimum atomic E-state index is -0.187. The number of hydrogen-bond acceptors (Lipinski definition) is 4. The lowest BCUT2D eigenvalue weighted by Crippen LogP contribution is -2.44. The number of carbonyl (C=O) groups is 1. The second-order valence-corrected chi connectivity index (χ2v) is 5.41. The summed E-state index contributed by atoms with van der Waals surface area (Å²) in [6.45, 7) is 0. The molecule has 0 bridgehead atoms. The van der Waals surface area contributed by atoms with E-state index in [-0.39, 0.29) is 12.1 Å². The molecule has 2 N–H and O–H groups in total. The summed E-state index contributed by atoms with van der Waals surface area (Å²) in [5.41, 5.74) is 2.39. The maximum atomic E-state index is 12.9. The van der Waals surface area contributed by atoms with Gasteiger partial charge >= 0.3 is 0 Å². The summed E-state index contributed by atoms with van der Waals surface area (Å²) in [4.78, 5) is 14.8. The molecule has 1 amide bonds. The smallest absolute Gasteiger partial charge is 0.258 e. The van der Waals surface area contributed by atoms with Gasteiger partial charge in [0.25, 0.3) is 5.91 Å². The van der Waals surface area contributed by atoms with Crippen LogP contribution in [0.2, 0.25) is 0 Å². The number of H-pyrrole nitrogens is 1. The molecule has 21 heavy (non-hydrogen) atoms. The molecule has 2 aromatic rings. The molecule has 1 aliphatic carbocycles. The van der Waals surface area contributed by atoms with Crippen LogP contribution in [0.3, 0.4) is 0 Å². The molecule has 6 nitrogen and oxygen atoms in total. The normalized spacial score (nSPS) is 20.9. The standard InChI is InChI=1S/C15H16N4O2/c1-21-10-4-5-12-11(8-10)15(20)19(9-2-3-9)14(17-12)13-6-7-16-18-13/h4-9,14,17H,2-3H2,1H3,(H,16,18)/t14-/m1/s1. The van der Waals surface area contributed by atoms with Crippen LogP contribution in [0.25, 0.3) is 0 Å². The van der Waals surface area contributed by atoms with Crippen LogP contribution >= 0.6 is 0 Å². The Kier molecular flexibility index (Phi) is 2.63. The van der Waals surface area contributed by atoms with Crippen molar-refractivity contribution in [3.63, 3.8) is 0 Å². The summed E-state index contributed by atoms with van der Waals surface area (Å²) in [7, 11) is 1.61. The highest BCUT2D eigenvalue weighted by Gasteiger charge is 2.42. The Bertz CT molecular complexity index is 679. The van der Waals surface area contributed by atoms with E-state index in [0.29, 0.717) is 17.4 Å². The molecule has 108 valence electrons. The zero-order chi connectivity index (χ0) is 14.4. The summed E-state index contributed by atoms with van der Waals surface area (Å²) >= 11 is 0. The number of nitrogens with zero attached hydrogens (tertiary/aromatic N) is 2. The fourth-order valence-corrected chi connectivity index (χ4v) is 2.80. The molecule has 2 heterocycles. The van der Waals surface area contributed by atoms with E-state index < -0.39 is 0 Å². The van der Waals surface area contributed by atoms with Gasteiger partial charge in [0.05, 0.1) is 18.4 Å². The largest absolute Gasteiger partial charge is 0.497 e. The molecule has 0 spiro atoms. The molecule has 1 fully saturated rings. The predicted molar refractivity (Wildman–Crippen MR) is 77.1 cm³/mol. The second-order valence-electron chi connectivity index (χ2n) is 5.41. The molecule has 1 aromatic carbocycles. The van der Waals surface area contributed by atoms with Crippen molar-refractivity contribution < 1.29 is 9.53 Å². The van der Waals surface area contributed by atoms with Crippen molar-refractivity contribution in [1.82, 2.24) is 15.1 Å². The number of aromatic amines is 1. The van der Waals surface area contributed by atoms with Crippen LogP contribution in [0.5, 0.6) is 5.75 Å². The predicted octanol–water partition coefficient (Wildman–Crippen LogP) is 2.15. The number of benzene rings is 1. The number of anilines is 1. The van der Waals surface area contributed by atoms with E-state index in [1.807, 2.05) is 23.1 Å². The van der Waals surface area contributed by atoms with Crippen molar-refractivity contribution in [2.45, 2.75) is 25.0 Å². The van der Waals surface area contributed by atoms with Crippen molar-refractivity contribution >= 4 is 11.6 Å². The summed E-state index contributed by atoms with van der Waals surface area (Å²) in [6.07, 6.45) is 3.62. The summed E-state index contributed by atoms with van der Waals surface area (Å²) in [5, 5.41) is 10.4. The van der Waals surface area contributed by atoms with Gasteiger partial charge in [-0.05, 0) is 37.1 Å². The maximum absolute atomic E-state index is 12.9. The van der Waals surface area contributed by atoms with Gasteiger partial charge in [-0.3, -0.25) is 9.89 Å². The van der Waals surface area contributed by atoms with E-state index >= 15 is 0 Å². The molecule has 4 rings (SSSR count). The fraction of sp³-hybridized carbons (Fsp3) is 0.333. The molecule has 1 aromatic heterocycles. The molecule has 1 saturated carbocycles. The minimum absolute atomic E-state index is 0.0461. The monoisotopic (exact) mass is 284 g/mol. The quantitative estimate of drug-likeness (QED) is 0.906. The van der Waals surface area contributed by atoms with E-state index in [9.17, 15) is 4.79 Å². The molecule has 0 radical (unpaired) electrons. The van der Waals surface area contributed by atoms with Crippen molar-refractivity contribution in [2.24, 2.45) is 0 Å². The lowest BCUT2D eigenvalue weighted by atomic mass is 10.1. The van der Waals surface area contributed by atoms with Gasteiger partial charge in [-0.2, -0.15) is 5.10 Å². The maximum Gasteiger partial charge on any atom is 0.258 e. The van der Waals surface area contributed by atoms with Gasteiger partial charge in [-0.15, -0.1) is 0 Å². The van der Waals surface area contributed by atoms with Gasteiger partial charge in [0.1, 0.15) is 11.9 Å². The molecule has 1 atom stereocenters. The second kappa shape index (κ2) is 4.51. The fourth-order valence-electron chi connectivity index (χ4n) is 2.80. The van der Waals surface area contributed by atoms with Crippen molar-refractivity contribution in [2.75, 3.05) is 12.4 Å². The van der Waals surface area contributed by atoms with E-state index in [2.05, 4.69) is 15.5 Å². The van der Waals surface area contributed by atoms with Crippen LogP contribution in [-0.2, 0) is 0 Å². The number of aromatic nitrogens is 2. The first-order valence-electron chi connectivity index (χ1n) is 7.04. The number of carbonyl (C=O) groups excluding carboxylic acids is 1. The number of methoxy groups -OCH3 is 1. The van der Waals surface area contributed by atoms with Gasteiger partial charge in [-0.1, -0.05) is 0 Å². The highest BCUT2D eigenvalue weighted by atomic mass is 16.5. The molecule has 1 aliphatic heterocycles. The highest BCUT2D eigenvalue weighted by Crippen LogP contribution is 2.41. The van der Waals surface area contributed by atoms with Crippen molar-refractivity contribution in [3.8, 4) is 5.75 Å². The first-order valence-corrected chi connectivity index (χ1v) is 7.04. The van der Waals surface area contributed by atoms with Gasteiger partial charge in [-0.25, -0.2) is 0 Å². The first kappa shape index (κ1) is 12.3. The Morgan fingerprint density at radius 2 is 2.19 bits per heavy atom. The zero-order valence-electron chi connectivity index (χ0n) is 11.7. The first-order chi connectivity index (χ1) is 10.3. The summed E-state index contributed by atoms with van der Waals surface area (Å²) in [6, 6.07) is 7.74. The van der Waals surface area contributed by atoms with E-state index in [1.54, 1.807) is 19.4 Å². The van der Waals surface area contributed by atoms with Gasteiger partial charge in [0, 0.05) is 17.9 Å². The number of hydrogen-bond donors (Lipinski definition) is 2. The molecular formula is C15H16N4O2. The van der Waals surface area contributed by atoms with Crippen LogP contribution in [0.1, 0.15) is 35.1 Å². The number of ether oxygens (including phenoxy) is 1. The lowest BCUT2D eigenvalue weighted by molar-refractivity contribution is 0.0662. The molecular weight excluding hydrogens is 268 g/mol. The zero-order valence-corrected chi connectivity index (χ0v) is 11.7. The molecule has 0 unspecified atom stereocenters. The lowest BCUT2D eigenvalue weighted by Gasteiger charge is -2.37. The van der Waals surface area contributed by atoms with E-state index in [4.69, 9.17) is 4.74 Å².